The van der Waals surface area contributed by atoms with Crippen LogP contribution in [0.3, 0.4) is 0 Å². The van der Waals surface area contributed by atoms with Crippen molar-refractivity contribution in [3.05, 3.63) is 71.2 Å². The molecule has 0 bridgehead atoms. The predicted octanol–water partition coefficient (Wildman–Crippen LogP) is 6.03. The Morgan fingerprint density at radius 1 is 1.03 bits per heavy atom. The van der Waals surface area contributed by atoms with Gasteiger partial charge in [0.1, 0.15) is 17.0 Å². The molecular weight excluding hydrogens is 440 g/mol. The second kappa shape index (κ2) is 8.60. The van der Waals surface area contributed by atoms with Gasteiger partial charge in [0, 0.05) is 47.1 Å². The van der Waals surface area contributed by atoms with Crippen LogP contribution in [-0.4, -0.2) is 29.4 Å². The van der Waals surface area contributed by atoms with Crippen molar-refractivity contribution < 1.29 is 13.9 Å². The molecule has 0 radical (unpaired) electrons. The first-order valence-corrected chi connectivity index (χ1v) is 10.7. The van der Waals surface area contributed by atoms with E-state index in [9.17, 15) is 0 Å². The highest BCUT2D eigenvalue weighted by Crippen LogP contribution is 2.34. The molecule has 5 aromatic rings. The summed E-state index contributed by atoms with van der Waals surface area (Å²) in [6.45, 7) is 2.38. The number of aryl methyl sites for hydroxylation is 1. The highest BCUT2D eigenvalue weighted by Gasteiger charge is 2.14. The molecule has 5 rings (SSSR count). The number of anilines is 1. The van der Waals surface area contributed by atoms with Gasteiger partial charge in [-0.1, -0.05) is 17.7 Å². The summed E-state index contributed by atoms with van der Waals surface area (Å²) in [4.78, 5) is 4.53. The lowest BCUT2D eigenvalue weighted by Gasteiger charge is -2.13. The molecule has 3 aromatic carbocycles. The average Bonchev–Trinajstić information content (AvgIpc) is 3.21. The van der Waals surface area contributed by atoms with E-state index in [1.807, 2.05) is 49.4 Å². The van der Waals surface area contributed by atoms with Crippen molar-refractivity contribution in [2.45, 2.75) is 13.5 Å². The zero-order chi connectivity index (χ0) is 22.9. The van der Waals surface area contributed by atoms with Gasteiger partial charge < -0.3 is 19.2 Å². The monoisotopic (exact) mass is 460 g/mol. The Morgan fingerprint density at radius 2 is 1.91 bits per heavy atom. The normalized spacial score (nSPS) is 11.2. The fourth-order valence-corrected chi connectivity index (χ4v) is 4.09. The first-order valence-electron chi connectivity index (χ1n) is 10.3. The van der Waals surface area contributed by atoms with Gasteiger partial charge in [-0.25, -0.2) is 4.98 Å². The molecule has 7 nitrogen and oxygen atoms in total. The lowest BCUT2D eigenvalue weighted by atomic mass is 10.0. The number of hydrogen-bond acceptors (Lipinski definition) is 7. The van der Waals surface area contributed by atoms with E-state index in [1.54, 1.807) is 26.5 Å². The van der Waals surface area contributed by atoms with Crippen molar-refractivity contribution in [2.24, 2.45) is 0 Å². The average molecular weight is 461 g/mol. The van der Waals surface area contributed by atoms with Crippen LogP contribution in [0.25, 0.3) is 33.1 Å². The molecule has 33 heavy (non-hydrogen) atoms. The molecule has 0 aliphatic carbocycles. The van der Waals surface area contributed by atoms with Gasteiger partial charge in [-0.05, 0) is 35.9 Å². The van der Waals surface area contributed by atoms with E-state index < -0.39 is 0 Å². The van der Waals surface area contributed by atoms with Crippen molar-refractivity contribution in [2.75, 3.05) is 19.5 Å². The SMILES string of the molecule is COc1ccc(CNc2cnnc3cc(-c4cc(Cl)cc5oc(C)nc45)ccc23)c(OC)c1. The maximum absolute atomic E-state index is 6.33. The van der Waals surface area contributed by atoms with Gasteiger partial charge in [0.05, 0.1) is 31.6 Å². The minimum Gasteiger partial charge on any atom is -0.497 e. The maximum Gasteiger partial charge on any atom is 0.192 e. The third-order valence-corrected chi connectivity index (χ3v) is 5.70. The van der Waals surface area contributed by atoms with Crippen molar-refractivity contribution in [3.63, 3.8) is 0 Å². The molecule has 2 aromatic heterocycles. The summed E-state index contributed by atoms with van der Waals surface area (Å²) in [5.74, 6) is 2.09. The minimum absolute atomic E-state index is 0.558. The number of halogens is 1. The molecule has 0 aliphatic rings. The number of benzene rings is 3. The Balaban J connectivity index is 1.49. The highest BCUT2D eigenvalue weighted by molar-refractivity contribution is 6.31. The summed E-state index contributed by atoms with van der Waals surface area (Å²) in [7, 11) is 3.28. The van der Waals surface area contributed by atoms with Gasteiger partial charge in [-0.3, -0.25) is 0 Å². The van der Waals surface area contributed by atoms with Crippen molar-refractivity contribution in [1.29, 1.82) is 0 Å². The van der Waals surface area contributed by atoms with E-state index in [2.05, 4.69) is 20.5 Å². The molecule has 0 saturated carbocycles. The molecular formula is C25H21ClN4O3. The van der Waals surface area contributed by atoms with E-state index >= 15 is 0 Å². The number of nitrogens with zero attached hydrogens (tertiary/aromatic N) is 3. The fraction of sp³-hybridized carbons (Fsp3) is 0.160. The van der Waals surface area contributed by atoms with Crippen LogP contribution in [0, 0.1) is 6.92 Å². The molecule has 1 N–H and O–H groups in total. The number of hydrogen-bond donors (Lipinski definition) is 1. The van der Waals surface area contributed by atoms with Gasteiger partial charge >= 0.3 is 0 Å². The van der Waals surface area contributed by atoms with Crippen LogP contribution in [0.2, 0.25) is 5.02 Å². The summed E-state index contributed by atoms with van der Waals surface area (Å²) >= 11 is 6.33. The van der Waals surface area contributed by atoms with E-state index in [0.717, 1.165) is 50.3 Å². The highest BCUT2D eigenvalue weighted by atomic mass is 35.5. The lowest BCUT2D eigenvalue weighted by molar-refractivity contribution is 0.391. The summed E-state index contributed by atoms with van der Waals surface area (Å²) in [6.07, 6.45) is 1.72. The van der Waals surface area contributed by atoms with Gasteiger partial charge in [-0.15, -0.1) is 0 Å². The topological polar surface area (TPSA) is 82.3 Å². The molecule has 0 amide bonds. The zero-order valence-corrected chi connectivity index (χ0v) is 19.1. The van der Waals surface area contributed by atoms with Crippen molar-refractivity contribution in [3.8, 4) is 22.6 Å². The van der Waals surface area contributed by atoms with Gasteiger partial charge in [-0.2, -0.15) is 10.2 Å². The van der Waals surface area contributed by atoms with Crippen molar-refractivity contribution >= 4 is 39.3 Å². The summed E-state index contributed by atoms with van der Waals surface area (Å²) in [6, 6.07) is 15.4. The second-order valence-electron chi connectivity index (χ2n) is 7.55. The number of nitrogens with one attached hydrogen (secondary N) is 1. The standard InChI is InChI=1S/C25H21ClN4O3/c1-14-29-25-20(9-17(26)10-24(25)33-14)15-5-7-19-21(8-15)30-28-13-22(19)27-12-16-4-6-18(31-2)11-23(16)32-3/h4-11,13H,12H2,1-3H3,(H,27,30). The Kier molecular flexibility index (Phi) is 5.48. The number of aromatic nitrogens is 3. The van der Waals surface area contributed by atoms with Crippen LogP contribution in [0.1, 0.15) is 11.5 Å². The molecule has 166 valence electrons. The van der Waals surface area contributed by atoms with Crippen LogP contribution < -0.4 is 14.8 Å². The summed E-state index contributed by atoms with van der Waals surface area (Å²) in [5, 5.41) is 13.5. The maximum atomic E-state index is 6.33. The second-order valence-corrected chi connectivity index (χ2v) is 7.99. The van der Waals surface area contributed by atoms with Crippen LogP contribution in [-0.2, 0) is 6.54 Å². The third-order valence-electron chi connectivity index (χ3n) is 5.48. The summed E-state index contributed by atoms with van der Waals surface area (Å²) < 4.78 is 16.5. The Morgan fingerprint density at radius 3 is 2.73 bits per heavy atom. The Labute approximate surface area is 195 Å². The molecule has 0 atom stereocenters. The van der Waals surface area contributed by atoms with Gasteiger partial charge in [0.2, 0.25) is 0 Å². The number of ether oxygens (including phenoxy) is 2. The van der Waals surface area contributed by atoms with Crippen LogP contribution >= 0.6 is 11.6 Å². The van der Waals surface area contributed by atoms with E-state index in [0.29, 0.717) is 23.0 Å². The van der Waals surface area contributed by atoms with E-state index in [4.69, 9.17) is 25.5 Å². The van der Waals surface area contributed by atoms with Crippen LogP contribution in [0.4, 0.5) is 5.69 Å². The quantitative estimate of drug-likeness (QED) is 0.331. The minimum atomic E-state index is 0.558. The number of oxazole rings is 1. The largest absolute Gasteiger partial charge is 0.497 e. The smallest absolute Gasteiger partial charge is 0.192 e. The molecule has 0 spiro atoms. The van der Waals surface area contributed by atoms with Gasteiger partial charge in [0.25, 0.3) is 0 Å². The van der Waals surface area contributed by atoms with E-state index in [1.165, 1.54) is 0 Å². The number of fused-ring (bicyclic) bond motifs is 2. The van der Waals surface area contributed by atoms with E-state index in [-0.39, 0.29) is 0 Å². The Hall–Kier alpha value is -3.84. The first kappa shape index (κ1) is 21.0. The van der Waals surface area contributed by atoms with Crippen LogP contribution in [0.5, 0.6) is 11.5 Å². The van der Waals surface area contributed by atoms with Gasteiger partial charge in [0.15, 0.2) is 11.5 Å². The lowest BCUT2D eigenvalue weighted by Crippen LogP contribution is -2.03. The molecule has 2 heterocycles. The van der Waals surface area contributed by atoms with Crippen molar-refractivity contribution in [1.82, 2.24) is 15.2 Å². The summed E-state index contributed by atoms with van der Waals surface area (Å²) in [5.41, 5.74) is 5.88. The third kappa shape index (κ3) is 4.03. The Bertz CT molecular complexity index is 1480. The predicted molar refractivity (Wildman–Crippen MR) is 129 cm³/mol. The first-order chi connectivity index (χ1) is 16.1. The molecule has 0 aliphatic heterocycles. The molecule has 8 heteroatoms. The zero-order valence-electron chi connectivity index (χ0n) is 18.3. The molecule has 0 fully saturated rings. The fourth-order valence-electron chi connectivity index (χ4n) is 3.88. The molecule has 0 unspecified atom stereocenters. The van der Waals surface area contributed by atoms with Crippen LogP contribution in [0.15, 0.2) is 59.1 Å². The molecule has 0 saturated heterocycles. The number of rotatable bonds is 6. The number of methoxy groups -OCH3 is 2.